The second-order valence-corrected chi connectivity index (χ2v) is 12.2. The van der Waals surface area contributed by atoms with Crippen LogP contribution in [-0.2, 0) is 9.59 Å². The smallest absolute Gasteiger partial charge is 0.272 e. The number of thioether (sulfide) groups is 1. The van der Waals surface area contributed by atoms with Gasteiger partial charge in [-0.25, -0.2) is 4.98 Å². The molecule has 3 N–H and O–H groups in total. The molecule has 0 bridgehead atoms. The second kappa shape index (κ2) is 17.0. The van der Waals surface area contributed by atoms with Crippen LogP contribution >= 0.6 is 23.1 Å². The summed E-state index contributed by atoms with van der Waals surface area (Å²) in [6.45, 7) is 2.53. The molecule has 12 heteroatoms. The van der Waals surface area contributed by atoms with Gasteiger partial charge in [0, 0.05) is 38.7 Å². The Kier molecular flexibility index (Phi) is 12.0. The summed E-state index contributed by atoms with van der Waals surface area (Å²) in [5.74, 6) is 0.749. The molecule has 1 aromatic heterocycles. The lowest BCUT2D eigenvalue weighted by molar-refractivity contribution is -0.114. The fourth-order valence-electron chi connectivity index (χ4n) is 4.55. The standard InChI is InChI=1S/C37H34N4O6S2/c1-4-47-28-16-13-24(14-17-28)32-22-49-37(40-32)41-34(42)23-48-30-12-8-11-27(20-30)38-36(44)31(39-35(43)25-9-6-5-7-10-25)19-26-15-18-29(45-2)21-33(26)46-3/h5-22H,4,23H2,1-3H3,(H,38,44)(H,39,43)(H,40,41,42)/b31-19+. The molecule has 10 nitrogen and oxygen atoms in total. The van der Waals surface area contributed by atoms with Gasteiger partial charge in [0.2, 0.25) is 5.91 Å². The molecule has 250 valence electrons. The molecular weight excluding hydrogens is 661 g/mol. The van der Waals surface area contributed by atoms with Gasteiger partial charge in [-0.2, -0.15) is 0 Å². The van der Waals surface area contributed by atoms with Gasteiger partial charge in [0.25, 0.3) is 11.8 Å². The summed E-state index contributed by atoms with van der Waals surface area (Å²) < 4.78 is 16.3. The molecule has 0 aliphatic carbocycles. The van der Waals surface area contributed by atoms with Crippen molar-refractivity contribution in [3.63, 3.8) is 0 Å². The fourth-order valence-corrected chi connectivity index (χ4v) is 6.05. The van der Waals surface area contributed by atoms with Crippen molar-refractivity contribution in [1.82, 2.24) is 10.3 Å². The molecule has 5 aromatic rings. The summed E-state index contributed by atoms with van der Waals surface area (Å²) in [6.07, 6.45) is 1.54. The van der Waals surface area contributed by atoms with E-state index in [1.54, 1.807) is 73.8 Å². The molecule has 49 heavy (non-hydrogen) atoms. The number of ether oxygens (including phenoxy) is 3. The third kappa shape index (κ3) is 9.72. The topological polar surface area (TPSA) is 128 Å². The largest absolute Gasteiger partial charge is 0.497 e. The quantitative estimate of drug-likeness (QED) is 0.0813. The highest BCUT2D eigenvalue weighted by atomic mass is 32.2. The van der Waals surface area contributed by atoms with Crippen molar-refractivity contribution in [2.45, 2.75) is 11.8 Å². The number of aromatic nitrogens is 1. The minimum atomic E-state index is -0.547. The molecule has 0 saturated heterocycles. The van der Waals surface area contributed by atoms with E-state index in [0.717, 1.165) is 21.9 Å². The average Bonchev–Trinajstić information content (AvgIpc) is 3.59. The molecule has 0 spiro atoms. The van der Waals surface area contributed by atoms with Crippen molar-refractivity contribution in [3.8, 4) is 28.5 Å². The van der Waals surface area contributed by atoms with Crippen LogP contribution < -0.4 is 30.2 Å². The number of benzene rings is 4. The number of carbonyl (C=O) groups excluding carboxylic acids is 3. The Morgan fingerprint density at radius 1 is 0.857 bits per heavy atom. The van der Waals surface area contributed by atoms with Crippen LogP contribution in [0.5, 0.6) is 17.2 Å². The first-order valence-corrected chi connectivity index (χ1v) is 17.0. The number of hydrogen-bond donors (Lipinski definition) is 3. The van der Waals surface area contributed by atoms with E-state index >= 15 is 0 Å². The molecule has 0 fully saturated rings. The number of methoxy groups -OCH3 is 2. The van der Waals surface area contributed by atoms with Crippen LogP contribution in [0.15, 0.2) is 113 Å². The Morgan fingerprint density at radius 2 is 1.63 bits per heavy atom. The maximum atomic E-state index is 13.6. The van der Waals surface area contributed by atoms with Crippen molar-refractivity contribution in [3.05, 3.63) is 119 Å². The van der Waals surface area contributed by atoms with Gasteiger partial charge in [0.15, 0.2) is 5.13 Å². The van der Waals surface area contributed by atoms with Crippen molar-refractivity contribution in [2.24, 2.45) is 0 Å². The van der Waals surface area contributed by atoms with Crippen LogP contribution in [0.25, 0.3) is 17.3 Å². The summed E-state index contributed by atoms with van der Waals surface area (Å²) in [7, 11) is 3.05. The lowest BCUT2D eigenvalue weighted by atomic mass is 10.1. The molecule has 0 aliphatic heterocycles. The van der Waals surface area contributed by atoms with Gasteiger partial charge in [-0.15, -0.1) is 23.1 Å². The number of nitrogens with one attached hydrogen (secondary N) is 3. The Labute approximate surface area is 292 Å². The third-order valence-corrected chi connectivity index (χ3v) is 8.69. The highest BCUT2D eigenvalue weighted by Gasteiger charge is 2.17. The van der Waals surface area contributed by atoms with E-state index in [4.69, 9.17) is 14.2 Å². The fraction of sp³-hybridized carbons (Fsp3) is 0.135. The zero-order chi connectivity index (χ0) is 34.6. The van der Waals surface area contributed by atoms with E-state index in [0.29, 0.717) is 40.1 Å². The summed E-state index contributed by atoms with van der Waals surface area (Å²) in [6, 6.07) is 28.5. The van der Waals surface area contributed by atoms with E-state index < -0.39 is 11.8 Å². The predicted octanol–water partition coefficient (Wildman–Crippen LogP) is 7.37. The maximum Gasteiger partial charge on any atom is 0.272 e. The number of amides is 3. The highest BCUT2D eigenvalue weighted by molar-refractivity contribution is 8.00. The minimum Gasteiger partial charge on any atom is -0.497 e. The number of nitrogens with zero attached hydrogens (tertiary/aromatic N) is 1. The summed E-state index contributed by atoms with van der Waals surface area (Å²) in [4.78, 5) is 44.7. The van der Waals surface area contributed by atoms with E-state index in [1.807, 2.05) is 42.6 Å². The Morgan fingerprint density at radius 3 is 2.37 bits per heavy atom. The van der Waals surface area contributed by atoms with Crippen molar-refractivity contribution < 1.29 is 28.6 Å². The third-order valence-electron chi connectivity index (χ3n) is 6.94. The molecule has 0 unspecified atom stereocenters. The lowest BCUT2D eigenvalue weighted by Gasteiger charge is -2.13. The van der Waals surface area contributed by atoms with Crippen LogP contribution in [0.4, 0.5) is 10.8 Å². The molecule has 3 amide bonds. The molecule has 0 saturated carbocycles. The highest BCUT2D eigenvalue weighted by Crippen LogP contribution is 2.29. The number of anilines is 2. The van der Waals surface area contributed by atoms with Crippen LogP contribution in [0, 0.1) is 0 Å². The van der Waals surface area contributed by atoms with E-state index in [2.05, 4.69) is 20.9 Å². The van der Waals surface area contributed by atoms with Crippen LogP contribution in [-0.4, -0.2) is 49.3 Å². The van der Waals surface area contributed by atoms with E-state index in [1.165, 1.54) is 36.3 Å². The zero-order valence-electron chi connectivity index (χ0n) is 27.0. The molecule has 1 heterocycles. The van der Waals surface area contributed by atoms with Gasteiger partial charge in [-0.1, -0.05) is 24.3 Å². The van der Waals surface area contributed by atoms with Gasteiger partial charge in [-0.05, 0) is 79.7 Å². The maximum absolute atomic E-state index is 13.6. The first kappa shape index (κ1) is 34.7. The van der Waals surface area contributed by atoms with Gasteiger partial charge in [0.1, 0.15) is 22.9 Å². The summed E-state index contributed by atoms with van der Waals surface area (Å²) >= 11 is 2.66. The first-order chi connectivity index (χ1) is 23.8. The van der Waals surface area contributed by atoms with Gasteiger partial charge in [0.05, 0.1) is 32.3 Å². The minimum absolute atomic E-state index is 0.00260. The Bertz CT molecular complexity index is 1940. The number of rotatable bonds is 14. The Balaban J connectivity index is 1.24. The number of thiazole rings is 1. The molecule has 0 radical (unpaired) electrons. The number of carbonyl (C=O) groups is 3. The van der Waals surface area contributed by atoms with Crippen LogP contribution in [0.2, 0.25) is 0 Å². The molecule has 0 aliphatic rings. The zero-order valence-corrected chi connectivity index (χ0v) is 28.7. The SMILES string of the molecule is CCOc1ccc(-c2csc(NC(=O)CSc3cccc(NC(=O)/C(=C\c4ccc(OC)cc4OC)NC(=O)c4ccccc4)c3)n2)cc1. The summed E-state index contributed by atoms with van der Waals surface area (Å²) in [5.41, 5.74) is 3.13. The normalized spacial score (nSPS) is 11.0. The van der Waals surface area contributed by atoms with Gasteiger partial charge in [-0.3, -0.25) is 14.4 Å². The Hall–Kier alpha value is -5.59. The average molecular weight is 695 g/mol. The lowest BCUT2D eigenvalue weighted by Crippen LogP contribution is -2.30. The predicted molar refractivity (Wildman–Crippen MR) is 195 cm³/mol. The molecule has 4 aromatic carbocycles. The summed E-state index contributed by atoms with van der Waals surface area (Å²) in [5, 5.41) is 10.8. The van der Waals surface area contributed by atoms with Crippen LogP contribution in [0.1, 0.15) is 22.8 Å². The first-order valence-electron chi connectivity index (χ1n) is 15.2. The van der Waals surface area contributed by atoms with Gasteiger partial charge >= 0.3 is 0 Å². The van der Waals surface area contributed by atoms with E-state index in [-0.39, 0.29) is 17.4 Å². The number of hydrogen-bond acceptors (Lipinski definition) is 9. The second-order valence-electron chi connectivity index (χ2n) is 10.3. The molecular formula is C37H34N4O6S2. The van der Waals surface area contributed by atoms with Crippen LogP contribution in [0.3, 0.4) is 0 Å². The van der Waals surface area contributed by atoms with Gasteiger partial charge < -0.3 is 30.2 Å². The molecule has 5 rings (SSSR count). The van der Waals surface area contributed by atoms with E-state index in [9.17, 15) is 14.4 Å². The monoisotopic (exact) mass is 694 g/mol. The van der Waals surface area contributed by atoms with Crippen molar-refractivity contribution in [2.75, 3.05) is 37.2 Å². The van der Waals surface area contributed by atoms with Crippen molar-refractivity contribution >= 4 is 57.7 Å². The van der Waals surface area contributed by atoms with Crippen molar-refractivity contribution in [1.29, 1.82) is 0 Å². The molecule has 0 atom stereocenters.